The summed E-state index contributed by atoms with van der Waals surface area (Å²) in [4.78, 5) is 0. The fourth-order valence-electron chi connectivity index (χ4n) is 1.67. The summed E-state index contributed by atoms with van der Waals surface area (Å²) in [6.07, 6.45) is 5.05. The quantitative estimate of drug-likeness (QED) is 0.549. The lowest BCUT2D eigenvalue weighted by Gasteiger charge is -2.04. The van der Waals surface area contributed by atoms with E-state index in [1.807, 2.05) is 36.4 Å². The van der Waals surface area contributed by atoms with E-state index in [-0.39, 0.29) is 5.57 Å². The minimum Gasteiger partial charge on any atom is -0.377 e. The topological polar surface area (TPSA) is 56.8 Å². The van der Waals surface area contributed by atoms with E-state index in [2.05, 4.69) is 6.92 Å². The Morgan fingerprint density at radius 2 is 2.05 bits per heavy atom. The van der Waals surface area contributed by atoms with Gasteiger partial charge in [-0.1, -0.05) is 38.0 Å². The highest BCUT2D eigenvalue weighted by atomic mass is 16.5. The fraction of sp³-hybridized carbons (Fsp3) is 0.375. The number of nitriles is 2. The van der Waals surface area contributed by atoms with Gasteiger partial charge in [0, 0.05) is 6.61 Å². The normalized spacial score (nSPS) is 9.42. The molecule has 0 radical (unpaired) electrons. The molecule has 0 heterocycles. The standard InChI is InChI=1S/C16H18N2O/c1-2-3-4-8-19-13-15-7-5-6-14(9-15)10-16(11-17)12-18/h5-7,9-10H,2-4,8,13H2,1H3. The molecule has 0 aliphatic carbocycles. The third-order valence-corrected chi connectivity index (χ3v) is 2.66. The maximum Gasteiger partial charge on any atom is 0.130 e. The highest BCUT2D eigenvalue weighted by molar-refractivity contribution is 5.62. The van der Waals surface area contributed by atoms with Gasteiger partial charge in [0.05, 0.1) is 6.61 Å². The molecule has 0 amide bonds. The number of nitrogens with zero attached hydrogens (tertiary/aromatic N) is 2. The lowest BCUT2D eigenvalue weighted by Crippen LogP contribution is -1.95. The zero-order valence-electron chi connectivity index (χ0n) is 11.2. The highest BCUT2D eigenvalue weighted by Gasteiger charge is 1.97. The number of hydrogen-bond donors (Lipinski definition) is 0. The van der Waals surface area contributed by atoms with Crippen LogP contribution in [0, 0.1) is 22.7 Å². The number of ether oxygens (including phenoxy) is 1. The Hall–Kier alpha value is -2.10. The van der Waals surface area contributed by atoms with Crippen LogP contribution < -0.4 is 0 Å². The first-order valence-corrected chi connectivity index (χ1v) is 6.48. The number of benzene rings is 1. The maximum atomic E-state index is 8.72. The van der Waals surface area contributed by atoms with Crippen LogP contribution in [-0.2, 0) is 11.3 Å². The summed E-state index contributed by atoms with van der Waals surface area (Å²) in [6, 6.07) is 11.4. The summed E-state index contributed by atoms with van der Waals surface area (Å²) >= 11 is 0. The van der Waals surface area contributed by atoms with Crippen LogP contribution in [0.25, 0.3) is 6.08 Å². The van der Waals surface area contributed by atoms with Crippen molar-refractivity contribution in [3.63, 3.8) is 0 Å². The van der Waals surface area contributed by atoms with Crippen molar-refractivity contribution in [3.8, 4) is 12.1 Å². The van der Waals surface area contributed by atoms with E-state index in [9.17, 15) is 0 Å². The van der Waals surface area contributed by atoms with E-state index in [4.69, 9.17) is 15.3 Å². The zero-order valence-corrected chi connectivity index (χ0v) is 11.2. The average molecular weight is 254 g/mol. The molecule has 3 nitrogen and oxygen atoms in total. The predicted molar refractivity (Wildman–Crippen MR) is 74.8 cm³/mol. The molecular formula is C16H18N2O. The lowest BCUT2D eigenvalue weighted by molar-refractivity contribution is 0.117. The summed E-state index contributed by atoms with van der Waals surface area (Å²) in [5.41, 5.74) is 2.02. The van der Waals surface area contributed by atoms with Crippen LogP contribution in [0.2, 0.25) is 0 Å². The molecule has 0 unspecified atom stereocenters. The second-order valence-electron chi connectivity index (χ2n) is 4.29. The van der Waals surface area contributed by atoms with E-state index in [0.717, 1.165) is 24.2 Å². The van der Waals surface area contributed by atoms with Crippen LogP contribution >= 0.6 is 0 Å². The predicted octanol–water partition coefficient (Wildman–Crippen LogP) is 3.82. The average Bonchev–Trinajstić information content (AvgIpc) is 2.45. The highest BCUT2D eigenvalue weighted by Crippen LogP contribution is 2.11. The van der Waals surface area contributed by atoms with Gasteiger partial charge < -0.3 is 4.74 Å². The van der Waals surface area contributed by atoms with Crippen molar-refractivity contribution < 1.29 is 4.74 Å². The van der Waals surface area contributed by atoms with E-state index in [0.29, 0.717) is 6.61 Å². The summed E-state index contributed by atoms with van der Waals surface area (Å²) in [5.74, 6) is 0. The first-order chi connectivity index (χ1) is 9.30. The molecule has 0 spiro atoms. The molecule has 0 N–H and O–H groups in total. The van der Waals surface area contributed by atoms with Gasteiger partial charge >= 0.3 is 0 Å². The van der Waals surface area contributed by atoms with Crippen LogP contribution in [0.1, 0.15) is 37.3 Å². The third-order valence-electron chi connectivity index (χ3n) is 2.66. The monoisotopic (exact) mass is 254 g/mol. The molecule has 0 fully saturated rings. The lowest BCUT2D eigenvalue weighted by atomic mass is 10.1. The van der Waals surface area contributed by atoms with E-state index in [1.54, 1.807) is 6.08 Å². The molecule has 1 aromatic carbocycles. The Balaban J connectivity index is 2.56. The van der Waals surface area contributed by atoms with Gasteiger partial charge in [-0.15, -0.1) is 0 Å². The molecule has 1 rings (SSSR count). The van der Waals surface area contributed by atoms with Crippen molar-refractivity contribution in [2.75, 3.05) is 6.61 Å². The molecule has 3 heteroatoms. The summed E-state index contributed by atoms with van der Waals surface area (Å²) < 4.78 is 5.58. The van der Waals surface area contributed by atoms with Crippen molar-refractivity contribution >= 4 is 6.08 Å². The minimum atomic E-state index is 0.112. The Labute approximate surface area is 114 Å². The number of rotatable bonds is 7. The van der Waals surface area contributed by atoms with Crippen molar-refractivity contribution in [3.05, 3.63) is 41.0 Å². The maximum absolute atomic E-state index is 8.72. The second-order valence-corrected chi connectivity index (χ2v) is 4.29. The van der Waals surface area contributed by atoms with Crippen molar-refractivity contribution in [2.45, 2.75) is 32.8 Å². The molecule has 0 saturated heterocycles. The summed E-state index contributed by atoms with van der Waals surface area (Å²) in [7, 11) is 0. The van der Waals surface area contributed by atoms with Gasteiger partial charge in [-0.2, -0.15) is 10.5 Å². The van der Waals surface area contributed by atoms with Crippen LogP contribution in [-0.4, -0.2) is 6.61 Å². The number of allylic oxidation sites excluding steroid dienone is 1. The fourth-order valence-corrected chi connectivity index (χ4v) is 1.67. The third kappa shape index (κ3) is 5.86. The molecule has 0 saturated carbocycles. The van der Waals surface area contributed by atoms with E-state index in [1.165, 1.54) is 12.8 Å². The van der Waals surface area contributed by atoms with Gasteiger partial charge in [0.2, 0.25) is 0 Å². The molecule has 0 atom stereocenters. The first-order valence-electron chi connectivity index (χ1n) is 6.48. The number of unbranched alkanes of at least 4 members (excludes halogenated alkanes) is 2. The molecule has 0 aliphatic rings. The zero-order chi connectivity index (χ0) is 13.9. The number of hydrogen-bond acceptors (Lipinski definition) is 3. The molecule has 19 heavy (non-hydrogen) atoms. The van der Waals surface area contributed by atoms with E-state index >= 15 is 0 Å². The molecule has 0 bridgehead atoms. The SMILES string of the molecule is CCCCCOCc1cccc(C=C(C#N)C#N)c1. The first kappa shape index (κ1) is 15.0. The van der Waals surface area contributed by atoms with Gasteiger partial charge in [0.1, 0.15) is 17.7 Å². The molecule has 98 valence electrons. The Bertz CT molecular complexity index is 490. The van der Waals surface area contributed by atoms with Gasteiger partial charge in [0.25, 0.3) is 0 Å². The molecule has 0 aromatic heterocycles. The van der Waals surface area contributed by atoms with Crippen LogP contribution in [0.4, 0.5) is 0 Å². The van der Waals surface area contributed by atoms with Crippen molar-refractivity contribution in [1.82, 2.24) is 0 Å². The van der Waals surface area contributed by atoms with Crippen LogP contribution in [0.3, 0.4) is 0 Å². The minimum absolute atomic E-state index is 0.112. The van der Waals surface area contributed by atoms with Crippen LogP contribution in [0.15, 0.2) is 29.8 Å². The molecular weight excluding hydrogens is 236 g/mol. The summed E-state index contributed by atoms with van der Waals surface area (Å²) in [6.45, 7) is 3.51. The smallest absolute Gasteiger partial charge is 0.130 e. The Kier molecular flexibility index (Phi) is 7.02. The molecule has 0 aliphatic heterocycles. The second kappa shape index (κ2) is 8.91. The van der Waals surface area contributed by atoms with Gasteiger partial charge in [-0.3, -0.25) is 0 Å². The van der Waals surface area contributed by atoms with Crippen molar-refractivity contribution in [2.24, 2.45) is 0 Å². The van der Waals surface area contributed by atoms with Crippen molar-refractivity contribution in [1.29, 1.82) is 10.5 Å². The molecule has 1 aromatic rings. The Morgan fingerprint density at radius 1 is 1.26 bits per heavy atom. The largest absolute Gasteiger partial charge is 0.377 e. The van der Waals surface area contributed by atoms with Gasteiger partial charge in [-0.25, -0.2) is 0 Å². The van der Waals surface area contributed by atoms with E-state index < -0.39 is 0 Å². The summed E-state index contributed by atoms with van der Waals surface area (Å²) in [5, 5.41) is 17.4. The van der Waals surface area contributed by atoms with Crippen LogP contribution in [0.5, 0.6) is 0 Å². The Morgan fingerprint density at radius 3 is 2.74 bits per heavy atom. The van der Waals surface area contributed by atoms with Gasteiger partial charge in [0.15, 0.2) is 0 Å². The van der Waals surface area contributed by atoms with Gasteiger partial charge in [-0.05, 0) is 29.7 Å².